The zero-order chi connectivity index (χ0) is 14.8. The number of rotatable bonds is 6. The number of hydrogen-bond acceptors (Lipinski definition) is 3. The van der Waals surface area contributed by atoms with Crippen molar-refractivity contribution in [1.82, 2.24) is 5.32 Å². The predicted octanol–water partition coefficient (Wildman–Crippen LogP) is 1.50. The first-order chi connectivity index (χ1) is 9.69. The van der Waals surface area contributed by atoms with Crippen LogP contribution in [0.2, 0.25) is 0 Å². The van der Waals surface area contributed by atoms with Gasteiger partial charge in [0.15, 0.2) is 0 Å². The van der Waals surface area contributed by atoms with Gasteiger partial charge in [0, 0.05) is 25.3 Å². The summed E-state index contributed by atoms with van der Waals surface area (Å²) >= 11 is 0. The van der Waals surface area contributed by atoms with Crippen LogP contribution >= 0.6 is 0 Å². The van der Waals surface area contributed by atoms with Crippen LogP contribution in [0.3, 0.4) is 0 Å². The second kappa shape index (κ2) is 9.13. The van der Waals surface area contributed by atoms with Crippen molar-refractivity contribution in [3.8, 4) is 11.8 Å². The fraction of sp³-hybridized carbons (Fsp3) is 0.438. The van der Waals surface area contributed by atoms with Gasteiger partial charge < -0.3 is 15.2 Å². The molecule has 1 amide bonds. The Morgan fingerprint density at radius 3 is 2.95 bits per heavy atom. The number of ether oxygens (including phenoxy) is 1. The number of benzene rings is 1. The molecule has 0 aliphatic rings. The molecule has 0 unspecified atom stereocenters. The van der Waals surface area contributed by atoms with E-state index in [-0.39, 0.29) is 12.5 Å². The standard InChI is InChI=1S/C16H21NO3/c1-3-20-11-5-9-17-16(19)15-12-13(2)7-8-14(15)6-4-10-18/h7-8,12,18H,3,5,9-11H2,1-2H3,(H,17,19). The topological polar surface area (TPSA) is 58.6 Å². The monoisotopic (exact) mass is 275 g/mol. The van der Waals surface area contributed by atoms with E-state index in [1.165, 1.54) is 0 Å². The molecule has 0 aromatic heterocycles. The Balaban J connectivity index is 2.68. The lowest BCUT2D eigenvalue weighted by Crippen LogP contribution is -2.26. The van der Waals surface area contributed by atoms with Gasteiger partial charge in [-0.3, -0.25) is 4.79 Å². The van der Waals surface area contributed by atoms with Crippen molar-refractivity contribution in [1.29, 1.82) is 0 Å². The maximum absolute atomic E-state index is 12.1. The van der Waals surface area contributed by atoms with Gasteiger partial charge in [-0.15, -0.1) is 0 Å². The maximum atomic E-state index is 12.1. The molecule has 0 saturated carbocycles. The zero-order valence-corrected chi connectivity index (χ0v) is 12.0. The third-order valence-corrected chi connectivity index (χ3v) is 2.68. The maximum Gasteiger partial charge on any atom is 0.252 e. The van der Waals surface area contributed by atoms with E-state index in [1.54, 1.807) is 12.1 Å². The Bertz CT molecular complexity index is 500. The van der Waals surface area contributed by atoms with Gasteiger partial charge in [0.2, 0.25) is 0 Å². The van der Waals surface area contributed by atoms with Crippen LogP contribution in [0.1, 0.15) is 34.8 Å². The van der Waals surface area contributed by atoms with Crippen LogP contribution in [-0.4, -0.2) is 37.4 Å². The van der Waals surface area contributed by atoms with Gasteiger partial charge in [-0.05, 0) is 32.4 Å². The van der Waals surface area contributed by atoms with E-state index in [4.69, 9.17) is 9.84 Å². The quantitative estimate of drug-likeness (QED) is 0.611. The second-order valence-corrected chi connectivity index (χ2v) is 4.32. The summed E-state index contributed by atoms with van der Waals surface area (Å²) in [5.74, 6) is 5.22. The van der Waals surface area contributed by atoms with Crippen LogP contribution in [0.5, 0.6) is 0 Å². The molecule has 0 bridgehead atoms. The molecule has 0 spiro atoms. The highest BCUT2D eigenvalue weighted by Gasteiger charge is 2.09. The minimum absolute atomic E-state index is 0.146. The number of carbonyl (C=O) groups is 1. The Morgan fingerprint density at radius 1 is 1.45 bits per heavy atom. The Labute approximate surface area is 120 Å². The van der Waals surface area contributed by atoms with E-state index in [0.717, 1.165) is 12.0 Å². The van der Waals surface area contributed by atoms with Crippen molar-refractivity contribution in [2.45, 2.75) is 20.3 Å². The summed E-state index contributed by atoms with van der Waals surface area (Å²) in [6.07, 6.45) is 0.781. The lowest BCUT2D eigenvalue weighted by atomic mass is 10.0. The molecule has 0 saturated heterocycles. The third kappa shape index (κ3) is 5.43. The Kier molecular flexibility index (Phi) is 7.41. The number of aliphatic hydroxyl groups is 1. The fourth-order valence-corrected chi connectivity index (χ4v) is 1.71. The van der Waals surface area contributed by atoms with Gasteiger partial charge in [0.05, 0.1) is 5.56 Å². The molecule has 0 aliphatic carbocycles. The van der Waals surface area contributed by atoms with Gasteiger partial charge in [-0.25, -0.2) is 0 Å². The van der Waals surface area contributed by atoms with E-state index in [2.05, 4.69) is 17.2 Å². The van der Waals surface area contributed by atoms with E-state index in [9.17, 15) is 4.79 Å². The van der Waals surface area contributed by atoms with Crippen molar-refractivity contribution in [2.24, 2.45) is 0 Å². The molecular weight excluding hydrogens is 254 g/mol. The summed E-state index contributed by atoms with van der Waals surface area (Å²) < 4.78 is 5.22. The van der Waals surface area contributed by atoms with E-state index >= 15 is 0 Å². The second-order valence-electron chi connectivity index (χ2n) is 4.32. The van der Waals surface area contributed by atoms with Crippen molar-refractivity contribution >= 4 is 5.91 Å². The van der Waals surface area contributed by atoms with Crippen LogP contribution in [0.4, 0.5) is 0 Å². The highest BCUT2D eigenvalue weighted by atomic mass is 16.5. The minimum Gasteiger partial charge on any atom is -0.384 e. The molecule has 4 heteroatoms. The molecule has 0 radical (unpaired) electrons. The molecule has 0 aliphatic heterocycles. The first-order valence-corrected chi connectivity index (χ1v) is 6.75. The number of nitrogens with one attached hydrogen (secondary N) is 1. The number of aliphatic hydroxyl groups excluding tert-OH is 1. The van der Waals surface area contributed by atoms with Crippen LogP contribution in [0.15, 0.2) is 18.2 Å². The average molecular weight is 275 g/mol. The molecule has 108 valence electrons. The molecule has 0 atom stereocenters. The molecule has 0 fully saturated rings. The largest absolute Gasteiger partial charge is 0.384 e. The summed E-state index contributed by atoms with van der Waals surface area (Å²) in [4.78, 5) is 12.1. The highest BCUT2D eigenvalue weighted by Crippen LogP contribution is 2.10. The Morgan fingerprint density at radius 2 is 2.25 bits per heavy atom. The Hall–Kier alpha value is -1.83. The number of amides is 1. The smallest absolute Gasteiger partial charge is 0.252 e. The van der Waals surface area contributed by atoms with Gasteiger partial charge in [-0.2, -0.15) is 0 Å². The molecule has 1 aromatic rings. The first-order valence-electron chi connectivity index (χ1n) is 6.75. The third-order valence-electron chi connectivity index (χ3n) is 2.68. The van der Waals surface area contributed by atoms with E-state index < -0.39 is 0 Å². The average Bonchev–Trinajstić information content (AvgIpc) is 2.45. The molecular formula is C16H21NO3. The van der Waals surface area contributed by atoms with Crippen LogP contribution in [0, 0.1) is 18.8 Å². The lowest BCUT2D eigenvalue weighted by molar-refractivity contribution is 0.0944. The van der Waals surface area contributed by atoms with E-state index in [1.807, 2.05) is 19.9 Å². The van der Waals surface area contributed by atoms with Crippen LogP contribution in [0.25, 0.3) is 0 Å². The van der Waals surface area contributed by atoms with Crippen LogP contribution < -0.4 is 5.32 Å². The predicted molar refractivity (Wildman–Crippen MR) is 78.6 cm³/mol. The SMILES string of the molecule is CCOCCCNC(=O)c1cc(C)ccc1C#CCO. The molecule has 1 rings (SSSR count). The number of hydrogen-bond donors (Lipinski definition) is 2. The summed E-state index contributed by atoms with van der Waals surface area (Å²) in [6, 6.07) is 5.50. The molecule has 0 heterocycles. The van der Waals surface area contributed by atoms with Gasteiger partial charge in [0.1, 0.15) is 6.61 Å². The molecule has 20 heavy (non-hydrogen) atoms. The number of carbonyl (C=O) groups excluding carboxylic acids is 1. The fourth-order valence-electron chi connectivity index (χ4n) is 1.71. The van der Waals surface area contributed by atoms with Crippen molar-refractivity contribution in [3.05, 3.63) is 34.9 Å². The lowest BCUT2D eigenvalue weighted by Gasteiger charge is -2.08. The molecule has 2 N–H and O–H groups in total. The van der Waals surface area contributed by atoms with Crippen molar-refractivity contribution in [3.63, 3.8) is 0 Å². The normalized spacial score (nSPS) is 9.75. The summed E-state index contributed by atoms with van der Waals surface area (Å²) in [6.45, 7) is 5.55. The van der Waals surface area contributed by atoms with Gasteiger partial charge in [0.25, 0.3) is 5.91 Å². The van der Waals surface area contributed by atoms with E-state index in [0.29, 0.717) is 30.9 Å². The van der Waals surface area contributed by atoms with Crippen LogP contribution in [-0.2, 0) is 4.74 Å². The van der Waals surface area contributed by atoms with Crippen molar-refractivity contribution in [2.75, 3.05) is 26.4 Å². The summed E-state index contributed by atoms with van der Waals surface area (Å²) in [5.41, 5.74) is 2.17. The summed E-state index contributed by atoms with van der Waals surface area (Å²) in [7, 11) is 0. The first kappa shape index (κ1) is 16.2. The highest BCUT2D eigenvalue weighted by molar-refractivity contribution is 5.96. The molecule has 1 aromatic carbocycles. The minimum atomic E-state index is -0.219. The van der Waals surface area contributed by atoms with Gasteiger partial charge in [-0.1, -0.05) is 23.5 Å². The summed E-state index contributed by atoms with van der Waals surface area (Å²) in [5, 5.41) is 11.6. The van der Waals surface area contributed by atoms with Gasteiger partial charge >= 0.3 is 0 Å². The molecule has 4 nitrogen and oxygen atoms in total. The zero-order valence-electron chi connectivity index (χ0n) is 12.0. The number of aryl methyl sites for hydroxylation is 1. The van der Waals surface area contributed by atoms with Crippen molar-refractivity contribution < 1.29 is 14.6 Å².